The van der Waals surface area contributed by atoms with Crippen molar-refractivity contribution in [2.45, 2.75) is 0 Å². The lowest BCUT2D eigenvalue weighted by molar-refractivity contribution is -0.105. The highest BCUT2D eigenvalue weighted by atomic mass is 35.5. The highest BCUT2D eigenvalue weighted by Crippen LogP contribution is 2.19. The van der Waals surface area contributed by atoms with Gasteiger partial charge in [-0.05, 0) is 23.7 Å². The molecular weight excluding hydrogens is 351 g/mol. The number of hydrogen-bond acceptors (Lipinski definition) is 4. The van der Waals surface area contributed by atoms with Gasteiger partial charge in [0.2, 0.25) is 11.7 Å². The monoisotopic (exact) mass is 359 g/mol. The minimum atomic E-state index is -0.975. The van der Waals surface area contributed by atoms with E-state index in [9.17, 15) is 13.6 Å². The first-order valence-electron chi connectivity index (χ1n) is 6.07. The van der Waals surface area contributed by atoms with Crippen LogP contribution < -0.4 is 5.32 Å². The molecule has 3 aromatic rings. The summed E-state index contributed by atoms with van der Waals surface area (Å²) in [5.41, 5.74) is 1.45. The van der Waals surface area contributed by atoms with Gasteiger partial charge in [-0.2, -0.15) is 4.98 Å². The summed E-state index contributed by atoms with van der Waals surface area (Å²) in [5, 5.41) is 2.61. The van der Waals surface area contributed by atoms with E-state index in [1.54, 1.807) is 10.9 Å². The summed E-state index contributed by atoms with van der Waals surface area (Å²) < 4.78 is 26.4. The van der Waals surface area contributed by atoms with E-state index in [0.717, 1.165) is 12.1 Å². The van der Waals surface area contributed by atoms with E-state index in [0.29, 0.717) is 17.6 Å². The SMILES string of the molecule is Cn1cnc2c(Cl)nc(Cl)nc21.O=CNc1ccc(F)c(F)c1. The lowest BCUT2D eigenvalue weighted by Crippen LogP contribution is -1.94. The van der Waals surface area contributed by atoms with Gasteiger partial charge in [-0.25, -0.2) is 18.7 Å². The first kappa shape index (κ1) is 17.0. The van der Waals surface area contributed by atoms with Crippen LogP contribution in [0.1, 0.15) is 0 Å². The highest BCUT2D eigenvalue weighted by molar-refractivity contribution is 6.35. The first-order chi connectivity index (χ1) is 10.9. The third-order valence-electron chi connectivity index (χ3n) is 2.64. The number of hydrogen-bond donors (Lipinski definition) is 1. The van der Waals surface area contributed by atoms with Crippen molar-refractivity contribution < 1.29 is 13.6 Å². The molecule has 1 N–H and O–H groups in total. The minimum Gasteiger partial charge on any atom is -0.329 e. The third-order valence-corrected chi connectivity index (χ3v) is 3.07. The Labute approximate surface area is 139 Å². The fourth-order valence-electron chi connectivity index (χ4n) is 1.60. The number of carbonyl (C=O) groups is 1. The zero-order valence-corrected chi connectivity index (χ0v) is 13.1. The minimum absolute atomic E-state index is 0.135. The van der Waals surface area contributed by atoms with Crippen molar-refractivity contribution in [2.24, 2.45) is 7.05 Å². The molecular formula is C13H9Cl2F2N5O. The molecule has 0 saturated carbocycles. The van der Waals surface area contributed by atoms with Gasteiger partial charge in [0.25, 0.3) is 0 Å². The number of nitrogens with zero attached hydrogens (tertiary/aromatic N) is 4. The van der Waals surface area contributed by atoms with E-state index in [1.807, 2.05) is 7.05 Å². The molecule has 0 aliphatic carbocycles. The van der Waals surface area contributed by atoms with Crippen molar-refractivity contribution in [3.63, 3.8) is 0 Å². The van der Waals surface area contributed by atoms with Gasteiger partial charge in [-0.3, -0.25) is 4.79 Å². The summed E-state index contributed by atoms with van der Waals surface area (Å²) in [6.45, 7) is 0. The normalized spacial score (nSPS) is 10.1. The molecule has 120 valence electrons. The van der Waals surface area contributed by atoms with Gasteiger partial charge in [0, 0.05) is 18.8 Å². The van der Waals surface area contributed by atoms with Crippen LogP contribution in [0.25, 0.3) is 11.2 Å². The molecule has 0 bridgehead atoms. The lowest BCUT2D eigenvalue weighted by Gasteiger charge is -1.97. The van der Waals surface area contributed by atoms with E-state index in [4.69, 9.17) is 23.2 Å². The van der Waals surface area contributed by atoms with Crippen molar-refractivity contribution in [3.8, 4) is 0 Å². The molecule has 0 radical (unpaired) electrons. The van der Waals surface area contributed by atoms with E-state index >= 15 is 0 Å². The van der Waals surface area contributed by atoms with Crippen LogP contribution in [0.15, 0.2) is 24.5 Å². The number of fused-ring (bicyclic) bond motifs is 1. The Balaban J connectivity index is 0.000000168. The Hall–Kier alpha value is -2.32. The van der Waals surface area contributed by atoms with Crippen LogP contribution in [-0.4, -0.2) is 25.9 Å². The van der Waals surface area contributed by atoms with Gasteiger partial charge in [0.15, 0.2) is 22.4 Å². The number of aryl methyl sites for hydroxylation is 1. The Morgan fingerprint density at radius 3 is 2.61 bits per heavy atom. The van der Waals surface area contributed by atoms with Gasteiger partial charge in [-0.1, -0.05) is 11.6 Å². The van der Waals surface area contributed by atoms with Crippen LogP contribution >= 0.6 is 23.2 Å². The Bertz CT molecular complexity index is 856. The number of imidazole rings is 1. The molecule has 23 heavy (non-hydrogen) atoms. The summed E-state index contributed by atoms with van der Waals surface area (Å²) >= 11 is 11.4. The molecule has 1 amide bonds. The van der Waals surface area contributed by atoms with Crippen LogP contribution in [0.5, 0.6) is 0 Å². The number of amides is 1. The Morgan fingerprint density at radius 2 is 1.96 bits per heavy atom. The van der Waals surface area contributed by atoms with Gasteiger partial charge in [0.05, 0.1) is 6.33 Å². The van der Waals surface area contributed by atoms with Gasteiger partial charge in [-0.15, -0.1) is 0 Å². The molecule has 3 rings (SSSR count). The number of nitrogens with one attached hydrogen (secondary N) is 1. The maximum atomic E-state index is 12.4. The van der Waals surface area contributed by atoms with Crippen LogP contribution in [-0.2, 0) is 11.8 Å². The number of benzene rings is 1. The average molecular weight is 360 g/mol. The summed E-state index contributed by atoms with van der Waals surface area (Å²) in [4.78, 5) is 21.6. The van der Waals surface area contributed by atoms with Crippen molar-refractivity contribution in [2.75, 3.05) is 5.32 Å². The smallest absolute Gasteiger partial charge is 0.225 e. The van der Waals surface area contributed by atoms with Crippen LogP contribution in [0.2, 0.25) is 10.4 Å². The summed E-state index contributed by atoms with van der Waals surface area (Å²) in [5.74, 6) is -1.90. The van der Waals surface area contributed by atoms with Gasteiger partial charge in [0.1, 0.15) is 5.52 Å². The summed E-state index contributed by atoms with van der Waals surface area (Å²) in [7, 11) is 1.81. The molecule has 0 unspecified atom stereocenters. The third kappa shape index (κ3) is 4.11. The molecule has 6 nitrogen and oxygen atoms in total. The van der Waals surface area contributed by atoms with Crippen molar-refractivity contribution in [1.29, 1.82) is 0 Å². The fraction of sp³-hybridized carbons (Fsp3) is 0.0769. The molecule has 0 aliphatic heterocycles. The molecule has 0 saturated heterocycles. The first-order valence-corrected chi connectivity index (χ1v) is 6.83. The fourth-order valence-corrected chi connectivity index (χ4v) is 2.02. The number of aromatic nitrogens is 4. The average Bonchev–Trinajstić information content (AvgIpc) is 2.86. The lowest BCUT2D eigenvalue weighted by atomic mass is 10.3. The molecule has 0 atom stereocenters. The summed E-state index contributed by atoms with van der Waals surface area (Å²) in [6, 6.07) is 3.12. The molecule has 0 aliphatic rings. The van der Waals surface area contributed by atoms with Crippen molar-refractivity contribution in [1.82, 2.24) is 19.5 Å². The standard InChI is InChI=1S/C7H5F2NO.C6H4Cl2N4/c8-6-2-1-5(10-4-11)3-7(6)9;1-12-2-9-3-4(7)10-6(8)11-5(3)12/h1-4H,(H,10,11);2H,1H3. The second-order valence-corrected chi connectivity index (χ2v) is 4.90. The number of carbonyl (C=O) groups excluding carboxylic acids is 1. The quantitative estimate of drug-likeness (QED) is 0.433. The highest BCUT2D eigenvalue weighted by Gasteiger charge is 2.08. The molecule has 10 heteroatoms. The second kappa shape index (κ2) is 7.30. The van der Waals surface area contributed by atoms with Gasteiger partial charge < -0.3 is 9.88 Å². The van der Waals surface area contributed by atoms with Crippen LogP contribution in [0.3, 0.4) is 0 Å². The van der Waals surface area contributed by atoms with E-state index < -0.39 is 11.6 Å². The topological polar surface area (TPSA) is 72.7 Å². The van der Waals surface area contributed by atoms with Crippen molar-refractivity contribution >= 4 is 46.5 Å². The van der Waals surface area contributed by atoms with E-state index in [-0.39, 0.29) is 16.1 Å². The molecule has 2 aromatic heterocycles. The summed E-state index contributed by atoms with van der Waals surface area (Å²) in [6.07, 6.45) is 2.01. The largest absolute Gasteiger partial charge is 0.329 e. The Morgan fingerprint density at radius 1 is 1.22 bits per heavy atom. The van der Waals surface area contributed by atoms with Crippen molar-refractivity contribution in [3.05, 3.63) is 46.6 Å². The number of halogens is 4. The van der Waals surface area contributed by atoms with E-state index in [1.165, 1.54) is 6.07 Å². The predicted molar refractivity (Wildman–Crippen MR) is 82.4 cm³/mol. The molecule has 0 fully saturated rings. The zero-order valence-electron chi connectivity index (χ0n) is 11.6. The molecule has 1 aromatic carbocycles. The molecule has 0 spiro atoms. The number of anilines is 1. The van der Waals surface area contributed by atoms with Crippen LogP contribution in [0, 0.1) is 11.6 Å². The predicted octanol–water partition coefficient (Wildman–Crippen LogP) is 3.20. The maximum Gasteiger partial charge on any atom is 0.225 e. The second-order valence-electron chi connectivity index (χ2n) is 4.20. The number of rotatable bonds is 2. The van der Waals surface area contributed by atoms with Crippen LogP contribution in [0.4, 0.5) is 14.5 Å². The maximum absolute atomic E-state index is 12.4. The zero-order chi connectivity index (χ0) is 17.0. The van der Waals surface area contributed by atoms with E-state index in [2.05, 4.69) is 20.3 Å². The molecule has 2 heterocycles. The van der Waals surface area contributed by atoms with Gasteiger partial charge >= 0.3 is 0 Å². The Kier molecular flexibility index (Phi) is 5.41.